The molecule has 3 atom stereocenters. The number of hydrogen-bond donors (Lipinski definition) is 0. The van der Waals surface area contributed by atoms with Gasteiger partial charge >= 0.3 is 0 Å². The van der Waals surface area contributed by atoms with Gasteiger partial charge in [-0.25, -0.2) is 0 Å². The molecule has 37 heavy (non-hydrogen) atoms. The van der Waals surface area contributed by atoms with Crippen molar-refractivity contribution in [2.24, 2.45) is 11.8 Å². The van der Waals surface area contributed by atoms with Crippen molar-refractivity contribution in [3.05, 3.63) is 35.4 Å². The Hall–Kier alpha value is -2.96. The number of amides is 3. The van der Waals surface area contributed by atoms with Gasteiger partial charge in [0.15, 0.2) is 12.3 Å². The summed E-state index contributed by atoms with van der Waals surface area (Å²) < 4.78 is 0. The molecule has 0 aromatic heterocycles. The first kappa shape index (κ1) is 27.1. The average Bonchev–Trinajstić information content (AvgIpc) is 2.86. The minimum atomic E-state index is -0.837. The molecule has 1 unspecified atom stereocenters. The molecule has 3 aliphatic heterocycles. The number of piperidine rings is 1. The average molecular weight is 510 g/mol. The second-order valence-corrected chi connectivity index (χ2v) is 11.4. The van der Waals surface area contributed by atoms with Crippen LogP contribution in [0.2, 0.25) is 0 Å². The minimum Gasteiger partial charge on any atom is -0.334 e. The molecule has 0 spiro atoms. The lowest BCUT2D eigenvalue weighted by Gasteiger charge is -2.55. The highest BCUT2D eigenvalue weighted by molar-refractivity contribution is 5.96. The predicted octanol–water partition coefficient (Wildman–Crippen LogP) is 2.87. The second kappa shape index (κ2) is 11.2. The zero-order valence-electron chi connectivity index (χ0n) is 22.6. The monoisotopic (exact) mass is 509 g/mol. The maximum absolute atomic E-state index is 13.9. The molecular weight excluding hydrogens is 470 g/mol. The van der Waals surface area contributed by atoms with Crippen LogP contribution in [0.1, 0.15) is 69.3 Å². The maximum atomic E-state index is 13.9. The molecule has 3 amide bonds. The number of piperazine rings is 1. The Labute approximate surface area is 219 Å². The zero-order chi connectivity index (χ0) is 26.9. The van der Waals surface area contributed by atoms with E-state index in [0.717, 1.165) is 25.9 Å². The number of nitrogens with zero attached hydrogens (tertiary/aromatic N) is 5. The van der Waals surface area contributed by atoms with Crippen LogP contribution in [-0.2, 0) is 14.4 Å². The van der Waals surface area contributed by atoms with Crippen LogP contribution >= 0.6 is 0 Å². The van der Waals surface area contributed by atoms with Crippen LogP contribution in [0.25, 0.3) is 0 Å². The fourth-order valence-electron chi connectivity index (χ4n) is 5.64. The first-order chi connectivity index (χ1) is 17.6. The Morgan fingerprint density at radius 2 is 1.65 bits per heavy atom. The van der Waals surface area contributed by atoms with E-state index in [4.69, 9.17) is 10.1 Å². The summed E-state index contributed by atoms with van der Waals surface area (Å²) in [5.41, 5.74) is 0.832. The van der Waals surface area contributed by atoms with Gasteiger partial charge in [0, 0.05) is 11.6 Å². The van der Waals surface area contributed by atoms with Crippen molar-refractivity contribution < 1.29 is 19.2 Å². The van der Waals surface area contributed by atoms with Gasteiger partial charge < -0.3 is 14.7 Å². The summed E-state index contributed by atoms with van der Waals surface area (Å²) >= 11 is 0. The van der Waals surface area contributed by atoms with Crippen molar-refractivity contribution in [1.82, 2.24) is 19.8 Å². The van der Waals surface area contributed by atoms with Gasteiger partial charge in [-0.1, -0.05) is 27.7 Å². The van der Waals surface area contributed by atoms with E-state index in [2.05, 4.69) is 18.0 Å². The third kappa shape index (κ3) is 5.65. The predicted molar refractivity (Wildman–Crippen MR) is 138 cm³/mol. The van der Waals surface area contributed by atoms with Crippen molar-refractivity contribution >= 4 is 17.7 Å². The number of fused-ring (bicyclic) bond motifs is 1. The Kier molecular flexibility index (Phi) is 8.20. The molecule has 0 aliphatic carbocycles. The second-order valence-electron chi connectivity index (χ2n) is 11.4. The first-order valence-corrected chi connectivity index (χ1v) is 13.4. The fraction of sp³-hybridized carbons (Fsp3) is 0.643. The van der Waals surface area contributed by atoms with Crippen molar-refractivity contribution in [1.29, 1.82) is 5.26 Å². The largest absolute Gasteiger partial charge is 0.334 e. The van der Waals surface area contributed by atoms with Gasteiger partial charge in [-0.15, -0.1) is 0 Å². The fourth-order valence-corrected chi connectivity index (χ4v) is 5.64. The summed E-state index contributed by atoms with van der Waals surface area (Å²) in [6.45, 7) is 10.1. The van der Waals surface area contributed by atoms with Crippen LogP contribution in [0.4, 0.5) is 0 Å². The first-order valence-electron chi connectivity index (χ1n) is 13.4. The van der Waals surface area contributed by atoms with Gasteiger partial charge in [0.05, 0.1) is 18.2 Å². The number of nitriles is 1. The summed E-state index contributed by atoms with van der Waals surface area (Å²) in [4.78, 5) is 53.5. The highest BCUT2D eigenvalue weighted by atomic mass is 16.7. The molecule has 1 aromatic rings. The van der Waals surface area contributed by atoms with Crippen LogP contribution < -0.4 is 0 Å². The molecule has 0 N–H and O–H groups in total. The number of rotatable bonds is 6. The number of likely N-dealkylation sites (tertiary alicyclic amines) is 1. The molecule has 200 valence electrons. The summed E-state index contributed by atoms with van der Waals surface area (Å²) in [6.07, 6.45) is 1.14. The Morgan fingerprint density at radius 1 is 1.03 bits per heavy atom. The van der Waals surface area contributed by atoms with E-state index in [1.165, 1.54) is 5.06 Å². The van der Waals surface area contributed by atoms with Crippen molar-refractivity contribution in [2.45, 2.75) is 77.7 Å². The Balaban J connectivity index is 1.73. The van der Waals surface area contributed by atoms with Gasteiger partial charge in [-0.2, -0.15) is 10.3 Å². The van der Waals surface area contributed by atoms with Crippen LogP contribution in [0.3, 0.4) is 0 Å². The van der Waals surface area contributed by atoms with Crippen LogP contribution in [0, 0.1) is 23.2 Å². The van der Waals surface area contributed by atoms with Gasteiger partial charge in [0.25, 0.3) is 11.8 Å². The Bertz CT molecular complexity index is 1040. The van der Waals surface area contributed by atoms with Gasteiger partial charge in [-0.05, 0) is 81.9 Å². The summed E-state index contributed by atoms with van der Waals surface area (Å²) in [7, 11) is 2.08. The van der Waals surface area contributed by atoms with Crippen LogP contribution in [-0.4, -0.2) is 88.5 Å². The quantitative estimate of drug-likeness (QED) is 0.585. The van der Waals surface area contributed by atoms with Gasteiger partial charge in [-0.3, -0.25) is 19.2 Å². The molecule has 1 aromatic carbocycles. The Morgan fingerprint density at radius 3 is 2.22 bits per heavy atom. The number of carbonyl (C=O) groups is 3. The van der Waals surface area contributed by atoms with Crippen molar-refractivity contribution in [2.75, 3.05) is 26.7 Å². The minimum absolute atomic E-state index is 0.0242. The lowest BCUT2D eigenvalue weighted by atomic mass is 9.93. The van der Waals surface area contributed by atoms with Crippen molar-refractivity contribution in [3.8, 4) is 6.07 Å². The van der Waals surface area contributed by atoms with E-state index < -0.39 is 18.3 Å². The molecule has 9 heteroatoms. The zero-order valence-corrected chi connectivity index (χ0v) is 22.6. The maximum Gasteiger partial charge on any atom is 0.279 e. The lowest BCUT2D eigenvalue weighted by Crippen LogP contribution is -2.74. The standard InChI is InChI=1S/C28H39N5O4/c1-18(2)14-23-27(35)31(22-10-12-30(5)13-11-22)17-25-32(23)28(36)24(15-19(3)4)37-33(25)26(34)21-8-6-20(16-29)7-9-21/h6-9,18-19,22-25H,10-15,17H2,1-5H3/t23-,24+,25?/m0/s1. The van der Waals surface area contributed by atoms with E-state index in [1.807, 2.05) is 32.6 Å². The molecule has 3 saturated heterocycles. The highest BCUT2D eigenvalue weighted by Crippen LogP contribution is 2.34. The van der Waals surface area contributed by atoms with E-state index in [1.54, 1.807) is 29.2 Å². The van der Waals surface area contributed by atoms with Crippen LogP contribution in [0.5, 0.6) is 0 Å². The van der Waals surface area contributed by atoms with Gasteiger partial charge in [0.2, 0.25) is 5.91 Å². The summed E-state index contributed by atoms with van der Waals surface area (Å²) in [5, 5.41) is 10.5. The molecule has 0 radical (unpaired) electrons. The molecule has 3 aliphatic rings. The number of carbonyl (C=O) groups excluding carboxylic acids is 3. The number of benzene rings is 1. The summed E-state index contributed by atoms with van der Waals surface area (Å²) in [6, 6.07) is 7.91. The van der Waals surface area contributed by atoms with E-state index in [-0.39, 0.29) is 42.1 Å². The van der Waals surface area contributed by atoms with Gasteiger partial charge in [0.1, 0.15) is 6.04 Å². The smallest absolute Gasteiger partial charge is 0.279 e. The molecular formula is C28H39N5O4. The van der Waals surface area contributed by atoms with Crippen LogP contribution in [0.15, 0.2) is 24.3 Å². The molecule has 3 fully saturated rings. The molecule has 0 bridgehead atoms. The highest BCUT2D eigenvalue weighted by Gasteiger charge is 2.54. The topological polar surface area (TPSA) is 97.2 Å². The molecule has 4 rings (SSSR count). The van der Waals surface area contributed by atoms with Crippen molar-refractivity contribution in [3.63, 3.8) is 0 Å². The van der Waals surface area contributed by atoms with E-state index in [9.17, 15) is 14.4 Å². The van der Waals surface area contributed by atoms with E-state index >= 15 is 0 Å². The summed E-state index contributed by atoms with van der Waals surface area (Å²) in [5.74, 6) is -0.263. The lowest BCUT2D eigenvalue weighted by molar-refractivity contribution is -0.264. The third-order valence-corrected chi connectivity index (χ3v) is 7.60. The molecule has 0 saturated carbocycles. The van der Waals surface area contributed by atoms with E-state index in [0.29, 0.717) is 24.0 Å². The molecule has 3 heterocycles. The normalized spacial score (nSPS) is 25.6. The molecule has 9 nitrogen and oxygen atoms in total. The SMILES string of the molecule is CC(C)C[C@H]1ON(C(=O)c2ccc(C#N)cc2)C2CN(C3CCN(C)CC3)C(=O)[C@H](CC(C)C)N2C1=O. The third-order valence-electron chi connectivity index (χ3n) is 7.60. The number of hydrogen-bond acceptors (Lipinski definition) is 6. The number of hydroxylamine groups is 2.